The normalized spacial score (nSPS) is 18.8. The molecule has 4 amide bonds. The van der Waals surface area contributed by atoms with Gasteiger partial charge in [-0.15, -0.1) is 0 Å². The van der Waals surface area contributed by atoms with Crippen LogP contribution in [0.1, 0.15) is 45.0 Å². The Bertz CT molecular complexity index is 1250. The van der Waals surface area contributed by atoms with Crippen molar-refractivity contribution >= 4 is 23.5 Å². The summed E-state index contributed by atoms with van der Waals surface area (Å²) in [4.78, 5) is 52.6. The number of nitriles is 1. The molecule has 2 aliphatic heterocycles. The second-order valence-electron chi connectivity index (χ2n) is 10.6. The van der Waals surface area contributed by atoms with E-state index in [0.717, 1.165) is 10.6 Å². The van der Waals surface area contributed by atoms with Crippen LogP contribution in [0.4, 0.5) is 10.5 Å². The molecule has 2 aliphatic rings. The van der Waals surface area contributed by atoms with Crippen LogP contribution in [0.2, 0.25) is 0 Å². The summed E-state index contributed by atoms with van der Waals surface area (Å²) < 4.78 is 5.77. The standard InChI is InChI=1S/C25H31N9O4/c1-24(2,3)15-38-21-18(14-29-19(13-26)31-21)34(27)23(37)33-10-6-25(7-11-33)22(36)30-17(20(35)32-25)12-16-4-8-28-9-5-16/h4-5,8-9,14,17H,6-7,10-12,15,27H2,1-3H3,(H,30,36)(H,32,35). The number of likely N-dealkylation sites (tertiary alicyclic amines) is 1. The fraction of sp³-hybridized carbons (Fsp3) is 0.480. The van der Waals surface area contributed by atoms with E-state index in [1.54, 1.807) is 24.5 Å². The van der Waals surface area contributed by atoms with E-state index >= 15 is 0 Å². The van der Waals surface area contributed by atoms with Gasteiger partial charge in [0.25, 0.3) is 0 Å². The average Bonchev–Trinajstić information content (AvgIpc) is 2.90. The summed E-state index contributed by atoms with van der Waals surface area (Å²) in [6.45, 7) is 6.54. The van der Waals surface area contributed by atoms with E-state index in [-0.39, 0.29) is 67.2 Å². The molecule has 4 N–H and O–H groups in total. The number of urea groups is 1. The second-order valence-corrected chi connectivity index (χ2v) is 10.6. The fourth-order valence-electron chi connectivity index (χ4n) is 4.30. The van der Waals surface area contributed by atoms with Crippen LogP contribution in [-0.4, -0.2) is 69.0 Å². The van der Waals surface area contributed by atoms with Crippen LogP contribution in [0.5, 0.6) is 5.88 Å². The quantitative estimate of drug-likeness (QED) is 0.289. The number of carbonyl (C=O) groups excluding carboxylic acids is 3. The first kappa shape index (κ1) is 26.7. The Morgan fingerprint density at radius 1 is 1.29 bits per heavy atom. The predicted molar refractivity (Wildman–Crippen MR) is 135 cm³/mol. The lowest BCUT2D eigenvalue weighted by Crippen LogP contribution is -2.72. The van der Waals surface area contributed by atoms with Crippen LogP contribution in [0.3, 0.4) is 0 Å². The number of piperazine rings is 1. The van der Waals surface area contributed by atoms with Gasteiger partial charge in [-0.1, -0.05) is 20.8 Å². The molecule has 38 heavy (non-hydrogen) atoms. The summed E-state index contributed by atoms with van der Waals surface area (Å²) >= 11 is 0. The molecule has 0 bridgehead atoms. The van der Waals surface area contributed by atoms with Gasteiger partial charge in [-0.25, -0.2) is 20.6 Å². The molecule has 13 heteroatoms. The van der Waals surface area contributed by atoms with Gasteiger partial charge in [-0.05, 0) is 36.0 Å². The van der Waals surface area contributed by atoms with Gasteiger partial charge in [0.1, 0.15) is 23.3 Å². The first-order valence-electron chi connectivity index (χ1n) is 12.3. The van der Waals surface area contributed by atoms with Gasteiger partial charge in [0.15, 0.2) is 0 Å². The van der Waals surface area contributed by atoms with Crippen molar-refractivity contribution in [3.63, 3.8) is 0 Å². The maximum Gasteiger partial charge on any atom is 0.339 e. The van der Waals surface area contributed by atoms with E-state index < -0.39 is 17.6 Å². The van der Waals surface area contributed by atoms with Crippen molar-refractivity contribution in [3.8, 4) is 11.9 Å². The Morgan fingerprint density at radius 3 is 2.61 bits per heavy atom. The summed E-state index contributed by atoms with van der Waals surface area (Å²) in [6.07, 6.45) is 5.35. The number of nitrogens with two attached hydrogens (primary N) is 1. The Balaban J connectivity index is 1.41. The molecule has 1 unspecified atom stereocenters. The summed E-state index contributed by atoms with van der Waals surface area (Å²) in [5, 5.41) is 15.8. The lowest BCUT2D eigenvalue weighted by atomic mass is 9.83. The number of piperidine rings is 1. The zero-order valence-electron chi connectivity index (χ0n) is 21.6. The second kappa shape index (κ2) is 10.6. The maximum absolute atomic E-state index is 13.2. The van der Waals surface area contributed by atoms with Crippen LogP contribution >= 0.6 is 0 Å². The monoisotopic (exact) mass is 521 g/mol. The van der Waals surface area contributed by atoms with Crippen LogP contribution in [0, 0.1) is 16.7 Å². The summed E-state index contributed by atoms with van der Waals surface area (Å²) in [5.41, 5.74) is -0.304. The molecule has 1 spiro atoms. The van der Waals surface area contributed by atoms with E-state index in [1.165, 1.54) is 11.1 Å². The van der Waals surface area contributed by atoms with Gasteiger partial charge in [0.2, 0.25) is 23.5 Å². The molecule has 1 atom stereocenters. The Morgan fingerprint density at radius 2 is 1.97 bits per heavy atom. The van der Waals surface area contributed by atoms with E-state index in [0.29, 0.717) is 6.42 Å². The van der Waals surface area contributed by atoms with Crippen LogP contribution in [-0.2, 0) is 16.0 Å². The van der Waals surface area contributed by atoms with E-state index in [1.807, 2.05) is 26.8 Å². The van der Waals surface area contributed by atoms with Crippen molar-refractivity contribution in [1.29, 1.82) is 5.26 Å². The lowest BCUT2D eigenvalue weighted by Gasteiger charge is -2.45. The number of pyridine rings is 1. The maximum atomic E-state index is 13.2. The third-order valence-corrected chi connectivity index (χ3v) is 6.44. The first-order chi connectivity index (χ1) is 18.0. The van der Waals surface area contributed by atoms with Crippen molar-refractivity contribution < 1.29 is 19.1 Å². The van der Waals surface area contributed by atoms with Crippen molar-refractivity contribution in [2.24, 2.45) is 11.3 Å². The molecular weight excluding hydrogens is 490 g/mol. The number of ether oxygens (including phenoxy) is 1. The molecule has 0 radical (unpaired) electrons. The minimum atomic E-state index is -1.10. The number of carbonyl (C=O) groups is 3. The SMILES string of the molecule is CC(C)(C)COc1nc(C#N)ncc1N(N)C(=O)N1CCC2(CC1)NC(=O)C(Cc1ccncc1)NC2=O. The van der Waals surface area contributed by atoms with Gasteiger partial charge in [0.05, 0.1) is 12.8 Å². The molecule has 2 aromatic heterocycles. The van der Waals surface area contributed by atoms with Gasteiger partial charge in [-0.3, -0.25) is 14.6 Å². The Kier molecular flexibility index (Phi) is 7.45. The average molecular weight is 522 g/mol. The smallest absolute Gasteiger partial charge is 0.339 e. The largest absolute Gasteiger partial charge is 0.475 e. The van der Waals surface area contributed by atoms with Crippen molar-refractivity contribution in [1.82, 2.24) is 30.5 Å². The molecule has 2 aromatic rings. The number of anilines is 1. The van der Waals surface area contributed by atoms with E-state index in [9.17, 15) is 14.4 Å². The molecule has 4 rings (SSSR count). The van der Waals surface area contributed by atoms with Crippen molar-refractivity contribution in [2.75, 3.05) is 24.7 Å². The highest BCUT2D eigenvalue weighted by molar-refractivity contribution is 6.00. The number of rotatable bonds is 5. The third-order valence-electron chi connectivity index (χ3n) is 6.44. The first-order valence-corrected chi connectivity index (χ1v) is 12.3. The molecule has 0 saturated carbocycles. The number of amides is 4. The highest BCUT2D eigenvalue weighted by Crippen LogP contribution is 2.29. The Labute approximate surface area is 220 Å². The molecule has 4 heterocycles. The number of hydrazine groups is 1. The van der Waals surface area contributed by atoms with Crippen molar-refractivity contribution in [3.05, 3.63) is 42.1 Å². The molecule has 0 aromatic carbocycles. The van der Waals surface area contributed by atoms with E-state index in [4.69, 9.17) is 15.8 Å². The predicted octanol–water partition coefficient (Wildman–Crippen LogP) is 0.660. The number of aromatic nitrogens is 3. The Hall–Kier alpha value is -4.31. The lowest BCUT2D eigenvalue weighted by molar-refractivity contribution is -0.143. The highest BCUT2D eigenvalue weighted by atomic mass is 16.5. The molecule has 0 aliphatic carbocycles. The molecule has 2 fully saturated rings. The van der Waals surface area contributed by atoms with Gasteiger partial charge >= 0.3 is 6.03 Å². The summed E-state index contributed by atoms with van der Waals surface area (Å²) in [6, 6.07) is 4.21. The molecule has 2 saturated heterocycles. The number of hydrogen-bond acceptors (Lipinski definition) is 9. The van der Waals surface area contributed by atoms with Gasteiger partial charge < -0.3 is 20.3 Å². The minimum absolute atomic E-state index is 0.0231. The number of nitrogens with zero attached hydrogens (tertiary/aromatic N) is 6. The topological polar surface area (TPSA) is 179 Å². The zero-order chi connectivity index (χ0) is 27.5. The number of nitrogens with one attached hydrogen (secondary N) is 2. The highest BCUT2D eigenvalue weighted by Gasteiger charge is 2.49. The zero-order valence-corrected chi connectivity index (χ0v) is 21.6. The van der Waals surface area contributed by atoms with E-state index in [2.05, 4.69) is 25.6 Å². The van der Waals surface area contributed by atoms with Crippen LogP contribution in [0.25, 0.3) is 0 Å². The fourth-order valence-corrected chi connectivity index (χ4v) is 4.30. The molecular formula is C25H31N9O4. The number of hydrogen-bond donors (Lipinski definition) is 3. The van der Waals surface area contributed by atoms with Crippen molar-refractivity contribution in [2.45, 2.75) is 51.6 Å². The summed E-state index contributed by atoms with van der Waals surface area (Å²) in [5.74, 6) is 5.53. The molecule has 13 nitrogen and oxygen atoms in total. The van der Waals surface area contributed by atoms with Crippen LogP contribution < -0.4 is 26.2 Å². The van der Waals surface area contributed by atoms with Gasteiger partial charge in [-0.2, -0.15) is 10.2 Å². The van der Waals surface area contributed by atoms with Crippen LogP contribution in [0.15, 0.2) is 30.7 Å². The summed E-state index contributed by atoms with van der Waals surface area (Å²) in [7, 11) is 0. The van der Waals surface area contributed by atoms with Gasteiger partial charge in [0, 0.05) is 31.9 Å². The third kappa shape index (κ3) is 5.81. The minimum Gasteiger partial charge on any atom is -0.475 e. The molecule has 200 valence electrons.